The third kappa shape index (κ3) is 6.44. The summed E-state index contributed by atoms with van der Waals surface area (Å²) in [6, 6.07) is 17.1. The first-order valence-electron chi connectivity index (χ1n) is 11.6. The molecular formula is C27H29Cl2N3O4S. The highest BCUT2D eigenvalue weighted by Crippen LogP contribution is 2.29. The molecule has 0 fully saturated rings. The minimum absolute atomic E-state index is 0.0427. The summed E-state index contributed by atoms with van der Waals surface area (Å²) >= 11 is 12.7. The molecule has 10 heteroatoms. The summed E-state index contributed by atoms with van der Waals surface area (Å²) in [5.74, 6) is -1.01. The third-order valence-electron chi connectivity index (χ3n) is 6.19. The molecule has 196 valence electrons. The lowest BCUT2D eigenvalue weighted by molar-refractivity contribution is -0.139. The Labute approximate surface area is 228 Å². The van der Waals surface area contributed by atoms with Crippen molar-refractivity contribution in [2.45, 2.75) is 38.3 Å². The van der Waals surface area contributed by atoms with Crippen LogP contribution in [0.15, 0.2) is 71.6 Å². The van der Waals surface area contributed by atoms with Gasteiger partial charge in [-0.15, -0.1) is 0 Å². The number of carbonyl (C=O) groups excluding carboxylic acids is 2. The van der Waals surface area contributed by atoms with Crippen LogP contribution in [0, 0.1) is 13.8 Å². The highest BCUT2D eigenvalue weighted by molar-refractivity contribution is 7.92. The summed E-state index contributed by atoms with van der Waals surface area (Å²) < 4.78 is 28.6. The second-order valence-electron chi connectivity index (χ2n) is 8.61. The number of anilines is 1. The highest BCUT2D eigenvalue weighted by Gasteiger charge is 2.33. The molecule has 0 unspecified atom stereocenters. The molecule has 3 rings (SSSR count). The molecule has 0 aromatic heterocycles. The van der Waals surface area contributed by atoms with Gasteiger partial charge in [0.05, 0.1) is 10.6 Å². The van der Waals surface area contributed by atoms with Gasteiger partial charge in [0.15, 0.2) is 0 Å². The Hall–Kier alpha value is -3.07. The molecule has 0 saturated carbocycles. The van der Waals surface area contributed by atoms with Crippen molar-refractivity contribution >= 4 is 50.7 Å². The molecule has 1 atom stereocenters. The average molecular weight is 563 g/mol. The number of rotatable bonds is 9. The first-order valence-corrected chi connectivity index (χ1v) is 13.8. The Morgan fingerprint density at radius 2 is 1.54 bits per heavy atom. The van der Waals surface area contributed by atoms with Crippen LogP contribution in [0.1, 0.15) is 23.6 Å². The molecule has 0 saturated heterocycles. The Morgan fingerprint density at radius 3 is 2.11 bits per heavy atom. The van der Waals surface area contributed by atoms with E-state index in [4.69, 9.17) is 23.2 Å². The minimum atomic E-state index is -4.12. The molecule has 0 radical (unpaired) electrons. The monoisotopic (exact) mass is 561 g/mol. The number of nitrogens with one attached hydrogen (secondary N) is 1. The van der Waals surface area contributed by atoms with Crippen LogP contribution in [-0.2, 0) is 26.2 Å². The predicted octanol–water partition coefficient (Wildman–Crippen LogP) is 4.97. The summed E-state index contributed by atoms with van der Waals surface area (Å²) in [5, 5.41) is 3.20. The van der Waals surface area contributed by atoms with Gasteiger partial charge < -0.3 is 10.2 Å². The molecule has 0 spiro atoms. The van der Waals surface area contributed by atoms with E-state index in [-0.39, 0.29) is 11.4 Å². The second-order valence-corrected chi connectivity index (χ2v) is 11.3. The Bertz CT molecular complexity index is 1380. The van der Waals surface area contributed by atoms with Gasteiger partial charge in [-0.05, 0) is 68.3 Å². The summed E-state index contributed by atoms with van der Waals surface area (Å²) in [6.07, 6.45) is 0. The van der Waals surface area contributed by atoms with Gasteiger partial charge in [-0.25, -0.2) is 8.42 Å². The van der Waals surface area contributed by atoms with Crippen molar-refractivity contribution in [1.29, 1.82) is 0 Å². The van der Waals surface area contributed by atoms with Gasteiger partial charge in [0.1, 0.15) is 12.6 Å². The fourth-order valence-corrected chi connectivity index (χ4v) is 5.72. The molecule has 2 amide bonds. The zero-order valence-corrected chi connectivity index (χ0v) is 23.4. The number of benzene rings is 3. The van der Waals surface area contributed by atoms with Gasteiger partial charge in [-0.3, -0.25) is 13.9 Å². The molecule has 0 aliphatic carbocycles. The van der Waals surface area contributed by atoms with Gasteiger partial charge in [-0.1, -0.05) is 53.5 Å². The molecule has 3 aromatic carbocycles. The minimum Gasteiger partial charge on any atom is -0.357 e. The lowest BCUT2D eigenvalue weighted by Gasteiger charge is -2.32. The summed E-state index contributed by atoms with van der Waals surface area (Å²) in [6.45, 7) is 4.72. The maximum atomic E-state index is 13.8. The average Bonchev–Trinajstić information content (AvgIpc) is 2.88. The van der Waals surface area contributed by atoms with Gasteiger partial charge >= 0.3 is 0 Å². The second kappa shape index (κ2) is 12.0. The predicted molar refractivity (Wildman–Crippen MR) is 147 cm³/mol. The van der Waals surface area contributed by atoms with Crippen molar-refractivity contribution in [3.05, 3.63) is 93.5 Å². The Kier molecular flexibility index (Phi) is 9.23. The number of nitrogens with zero attached hydrogens (tertiary/aromatic N) is 2. The number of hydrogen-bond donors (Lipinski definition) is 1. The number of hydrogen-bond acceptors (Lipinski definition) is 4. The van der Waals surface area contributed by atoms with E-state index in [1.807, 2.05) is 13.8 Å². The standard InChI is InChI=1S/C27H29Cl2N3O4S/c1-18-13-14-21(15-19(18)2)32(37(35,36)22-9-6-5-7-10-22)17-26(33)31(20(3)27(34)30-4)16-23-24(28)11-8-12-25(23)29/h5-15,20H,16-17H2,1-4H3,(H,30,34)/t20-/m1/s1. The smallest absolute Gasteiger partial charge is 0.264 e. The molecule has 0 bridgehead atoms. The lowest BCUT2D eigenvalue weighted by atomic mass is 10.1. The number of likely N-dealkylation sites (N-methyl/N-ethyl adjacent to an activating group) is 1. The van der Waals surface area contributed by atoms with Crippen LogP contribution in [0.5, 0.6) is 0 Å². The number of amides is 2. The van der Waals surface area contributed by atoms with Crippen LogP contribution < -0.4 is 9.62 Å². The fourth-order valence-electron chi connectivity index (χ4n) is 3.77. The van der Waals surface area contributed by atoms with Gasteiger partial charge in [-0.2, -0.15) is 0 Å². The SMILES string of the molecule is CNC(=O)[C@@H](C)N(Cc1c(Cl)cccc1Cl)C(=O)CN(c1ccc(C)c(C)c1)S(=O)(=O)c1ccccc1. The highest BCUT2D eigenvalue weighted by atomic mass is 35.5. The van der Waals surface area contributed by atoms with Gasteiger partial charge in [0.2, 0.25) is 11.8 Å². The number of sulfonamides is 1. The van der Waals surface area contributed by atoms with E-state index < -0.39 is 34.4 Å². The van der Waals surface area contributed by atoms with Gasteiger partial charge in [0.25, 0.3) is 10.0 Å². The van der Waals surface area contributed by atoms with Crippen molar-refractivity contribution in [2.24, 2.45) is 0 Å². The molecule has 0 aliphatic rings. The van der Waals surface area contributed by atoms with Crippen LogP contribution in [0.2, 0.25) is 10.0 Å². The van der Waals surface area contributed by atoms with E-state index >= 15 is 0 Å². The summed E-state index contributed by atoms with van der Waals surface area (Å²) in [7, 11) is -2.66. The number of carbonyl (C=O) groups is 2. The molecule has 0 aliphatic heterocycles. The molecule has 7 nitrogen and oxygen atoms in total. The summed E-state index contributed by atoms with van der Waals surface area (Å²) in [4.78, 5) is 27.7. The van der Waals surface area contributed by atoms with E-state index in [0.29, 0.717) is 21.3 Å². The van der Waals surface area contributed by atoms with Gasteiger partial charge in [0, 0.05) is 29.2 Å². The Morgan fingerprint density at radius 1 is 0.919 bits per heavy atom. The van der Waals surface area contributed by atoms with Crippen molar-refractivity contribution in [1.82, 2.24) is 10.2 Å². The van der Waals surface area contributed by atoms with Crippen molar-refractivity contribution in [3.63, 3.8) is 0 Å². The van der Waals surface area contributed by atoms with Crippen molar-refractivity contribution < 1.29 is 18.0 Å². The van der Waals surface area contributed by atoms with E-state index in [2.05, 4.69) is 5.32 Å². The molecular weight excluding hydrogens is 533 g/mol. The van der Waals surface area contributed by atoms with Crippen LogP contribution in [0.3, 0.4) is 0 Å². The van der Waals surface area contributed by atoms with E-state index in [1.165, 1.54) is 24.1 Å². The zero-order chi connectivity index (χ0) is 27.3. The fraction of sp³-hybridized carbons (Fsp3) is 0.259. The summed E-state index contributed by atoms with van der Waals surface area (Å²) in [5.41, 5.74) is 2.65. The van der Waals surface area contributed by atoms with Crippen LogP contribution >= 0.6 is 23.2 Å². The van der Waals surface area contributed by atoms with Crippen LogP contribution in [0.25, 0.3) is 0 Å². The number of halogens is 2. The normalized spacial score (nSPS) is 12.1. The van der Waals surface area contributed by atoms with Crippen molar-refractivity contribution in [3.8, 4) is 0 Å². The maximum absolute atomic E-state index is 13.8. The first-order chi connectivity index (χ1) is 17.5. The topological polar surface area (TPSA) is 86.8 Å². The maximum Gasteiger partial charge on any atom is 0.264 e. The molecule has 37 heavy (non-hydrogen) atoms. The third-order valence-corrected chi connectivity index (χ3v) is 8.69. The molecule has 1 N–H and O–H groups in total. The van der Waals surface area contributed by atoms with E-state index in [1.54, 1.807) is 61.5 Å². The largest absolute Gasteiger partial charge is 0.357 e. The van der Waals surface area contributed by atoms with E-state index in [0.717, 1.165) is 15.4 Å². The zero-order valence-electron chi connectivity index (χ0n) is 21.0. The Balaban J connectivity index is 2.08. The lowest BCUT2D eigenvalue weighted by Crippen LogP contribution is -2.50. The van der Waals surface area contributed by atoms with E-state index in [9.17, 15) is 18.0 Å². The van der Waals surface area contributed by atoms with Crippen LogP contribution in [-0.4, -0.2) is 44.8 Å². The molecule has 0 heterocycles. The molecule has 3 aromatic rings. The van der Waals surface area contributed by atoms with Crippen molar-refractivity contribution in [2.75, 3.05) is 17.9 Å². The first kappa shape index (κ1) is 28.5. The quantitative estimate of drug-likeness (QED) is 0.399. The van der Waals surface area contributed by atoms with Crippen LogP contribution in [0.4, 0.5) is 5.69 Å². The number of aryl methyl sites for hydroxylation is 2.